The van der Waals surface area contributed by atoms with Gasteiger partial charge < -0.3 is 15.5 Å². The van der Waals surface area contributed by atoms with Crippen LogP contribution in [0.15, 0.2) is 29.4 Å². The number of anilines is 1. The summed E-state index contributed by atoms with van der Waals surface area (Å²) < 4.78 is 13.0. The summed E-state index contributed by atoms with van der Waals surface area (Å²) in [7, 11) is 0. The van der Waals surface area contributed by atoms with Crippen LogP contribution in [0.3, 0.4) is 0 Å². The number of oxime groups is 1. The van der Waals surface area contributed by atoms with Gasteiger partial charge in [-0.2, -0.15) is 0 Å². The van der Waals surface area contributed by atoms with Gasteiger partial charge >= 0.3 is 0 Å². The van der Waals surface area contributed by atoms with Gasteiger partial charge in [-0.15, -0.1) is 0 Å². The highest BCUT2D eigenvalue weighted by Gasteiger charge is 2.43. The van der Waals surface area contributed by atoms with Crippen molar-refractivity contribution < 1.29 is 14.0 Å². The van der Waals surface area contributed by atoms with Crippen LogP contribution < -0.4 is 10.6 Å². The molecular formula is C13H14FN3O2. The lowest BCUT2D eigenvalue weighted by atomic mass is 9.96. The molecule has 0 unspecified atom stereocenters. The molecule has 0 aliphatic carbocycles. The lowest BCUT2D eigenvalue weighted by Crippen LogP contribution is -2.33. The van der Waals surface area contributed by atoms with Gasteiger partial charge in [0.2, 0.25) is 0 Å². The van der Waals surface area contributed by atoms with Crippen LogP contribution in [0.5, 0.6) is 0 Å². The van der Waals surface area contributed by atoms with Crippen molar-refractivity contribution in [3.8, 4) is 0 Å². The van der Waals surface area contributed by atoms with E-state index in [2.05, 4.69) is 15.8 Å². The molecule has 1 amide bonds. The van der Waals surface area contributed by atoms with Gasteiger partial charge in [0, 0.05) is 25.1 Å². The normalized spacial score (nSPS) is 25.2. The number of rotatable bonds is 2. The summed E-state index contributed by atoms with van der Waals surface area (Å²) in [5.74, 6) is -0.728. The maximum absolute atomic E-state index is 13.0. The van der Waals surface area contributed by atoms with Crippen molar-refractivity contribution in [3.63, 3.8) is 0 Å². The quantitative estimate of drug-likeness (QED) is 0.844. The third-order valence-corrected chi connectivity index (χ3v) is 3.39. The van der Waals surface area contributed by atoms with Gasteiger partial charge in [-0.1, -0.05) is 11.2 Å². The van der Waals surface area contributed by atoms with Crippen LogP contribution in [0.25, 0.3) is 0 Å². The van der Waals surface area contributed by atoms with Crippen molar-refractivity contribution in [2.24, 2.45) is 5.16 Å². The minimum absolute atomic E-state index is 0.339. The van der Waals surface area contributed by atoms with Gasteiger partial charge in [-0.25, -0.2) is 4.39 Å². The second-order valence-electron chi connectivity index (χ2n) is 4.88. The smallest absolute Gasteiger partial charge is 0.273 e. The molecule has 2 N–H and O–H groups in total. The first kappa shape index (κ1) is 12.1. The van der Waals surface area contributed by atoms with Crippen molar-refractivity contribution in [3.05, 3.63) is 30.1 Å². The SMILES string of the molecule is O=C(Nc1cccc(F)c1)C1=NO[C@@]2(CCNC2)C1. The van der Waals surface area contributed by atoms with Crippen molar-refractivity contribution in [2.45, 2.75) is 18.4 Å². The molecule has 1 fully saturated rings. The average molecular weight is 263 g/mol. The Bertz CT molecular complexity index is 538. The largest absolute Gasteiger partial charge is 0.387 e. The van der Waals surface area contributed by atoms with E-state index in [9.17, 15) is 9.18 Å². The Hall–Kier alpha value is -1.95. The number of carbonyl (C=O) groups excluding carboxylic acids is 1. The fourth-order valence-electron chi connectivity index (χ4n) is 2.36. The number of nitrogens with zero attached hydrogens (tertiary/aromatic N) is 1. The van der Waals surface area contributed by atoms with E-state index in [-0.39, 0.29) is 17.3 Å². The zero-order valence-electron chi connectivity index (χ0n) is 10.3. The highest BCUT2D eigenvalue weighted by Crippen LogP contribution is 2.30. The predicted octanol–water partition coefficient (Wildman–Crippen LogP) is 1.27. The summed E-state index contributed by atoms with van der Waals surface area (Å²) in [6.07, 6.45) is 1.33. The van der Waals surface area contributed by atoms with Crippen molar-refractivity contribution >= 4 is 17.3 Å². The molecule has 1 aromatic carbocycles. The van der Waals surface area contributed by atoms with Crippen LogP contribution in [0.2, 0.25) is 0 Å². The highest BCUT2D eigenvalue weighted by atomic mass is 19.1. The lowest BCUT2D eigenvalue weighted by molar-refractivity contribution is -0.110. The zero-order chi connectivity index (χ0) is 13.3. The molecule has 1 saturated heterocycles. The van der Waals surface area contributed by atoms with Crippen LogP contribution in [-0.2, 0) is 9.63 Å². The first-order valence-corrected chi connectivity index (χ1v) is 6.20. The number of carbonyl (C=O) groups is 1. The van der Waals surface area contributed by atoms with Crippen molar-refractivity contribution in [1.82, 2.24) is 5.32 Å². The molecule has 1 aromatic rings. The molecule has 3 rings (SSSR count). The van der Waals surface area contributed by atoms with Gasteiger partial charge in [0.1, 0.15) is 11.5 Å². The number of amides is 1. The molecule has 0 bridgehead atoms. The summed E-state index contributed by atoms with van der Waals surface area (Å²) >= 11 is 0. The molecule has 2 aliphatic heterocycles. The second kappa shape index (κ2) is 4.62. The molecule has 2 aliphatic rings. The molecule has 1 spiro atoms. The average Bonchev–Trinajstić information content (AvgIpc) is 3.00. The molecule has 1 atom stereocenters. The Kier molecular flexibility index (Phi) is 2.94. The Morgan fingerprint density at radius 2 is 2.42 bits per heavy atom. The minimum Gasteiger partial charge on any atom is -0.387 e. The number of hydrogen-bond donors (Lipinski definition) is 2. The zero-order valence-corrected chi connectivity index (χ0v) is 10.3. The molecular weight excluding hydrogens is 249 g/mol. The molecule has 0 aromatic heterocycles. The summed E-state index contributed by atoms with van der Waals surface area (Å²) in [6.45, 7) is 1.57. The molecule has 0 saturated carbocycles. The third-order valence-electron chi connectivity index (χ3n) is 3.39. The molecule has 19 heavy (non-hydrogen) atoms. The van der Waals surface area contributed by atoms with Crippen LogP contribution in [0, 0.1) is 5.82 Å². The summed E-state index contributed by atoms with van der Waals surface area (Å²) in [6, 6.07) is 5.76. The van der Waals surface area contributed by atoms with Gasteiger partial charge in [0.15, 0.2) is 5.60 Å². The molecule has 2 heterocycles. The van der Waals surface area contributed by atoms with Gasteiger partial charge in [0.25, 0.3) is 5.91 Å². The maximum Gasteiger partial charge on any atom is 0.273 e. The maximum atomic E-state index is 13.0. The van der Waals surface area contributed by atoms with Crippen LogP contribution in [0.4, 0.5) is 10.1 Å². The molecule has 0 radical (unpaired) electrons. The Morgan fingerprint density at radius 1 is 1.53 bits per heavy atom. The van der Waals surface area contributed by atoms with E-state index in [0.29, 0.717) is 24.4 Å². The first-order valence-electron chi connectivity index (χ1n) is 6.20. The van der Waals surface area contributed by atoms with E-state index in [0.717, 1.165) is 13.0 Å². The first-order chi connectivity index (χ1) is 9.17. The summed E-state index contributed by atoms with van der Waals surface area (Å²) in [5, 5.41) is 9.67. The van der Waals surface area contributed by atoms with Gasteiger partial charge in [-0.05, 0) is 24.7 Å². The van der Waals surface area contributed by atoms with Gasteiger partial charge in [-0.3, -0.25) is 4.79 Å². The van der Waals surface area contributed by atoms with E-state index < -0.39 is 0 Å². The Labute approximate surface area is 109 Å². The molecule has 6 heteroatoms. The van der Waals surface area contributed by atoms with Crippen LogP contribution >= 0.6 is 0 Å². The van der Waals surface area contributed by atoms with Gasteiger partial charge in [0.05, 0.1) is 0 Å². The van der Waals surface area contributed by atoms with E-state index in [1.54, 1.807) is 12.1 Å². The topological polar surface area (TPSA) is 62.7 Å². The van der Waals surface area contributed by atoms with E-state index in [4.69, 9.17) is 4.84 Å². The number of halogens is 1. The Balaban J connectivity index is 1.65. The van der Waals surface area contributed by atoms with E-state index >= 15 is 0 Å². The standard InChI is InChI=1S/C13H14FN3O2/c14-9-2-1-3-10(6-9)16-12(18)11-7-13(19-17-11)4-5-15-8-13/h1-3,6,15H,4-5,7-8H2,(H,16,18)/t13-/m0/s1. The van der Waals surface area contributed by atoms with Crippen molar-refractivity contribution in [2.75, 3.05) is 18.4 Å². The monoisotopic (exact) mass is 263 g/mol. The molecule has 100 valence electrons. The summed E-state index contributed by atoms with van der Waals surface area (Å²) in [4.78, 5) is 17.4. The predicted molar refractivity (Wildman–Crippen MR) is 68.4 cm³/mol. The fraction of sp³-hybridized carbons (Fsp3) is 0.385. The third kappa shape index (κ3) is 2.44. The number of benzene rings is 1. The second-order valence-corrected chi connectivity index (χ2v) is 4.88. The lowest BCUT2D eigenvalue weighted by Gasteiger charge is -2.18. The van der Waals surface area contributed by atoms with E-state index in [1.807, 2.05) is 0 Å². The minimum atomic E-state index is -0.390. The summed E-state index contributed by atoms with van der Waals surface area (Å²) in [5.41, 5.74) is 0.403. The fourth-order valence-corrected chi connectivity index (χ4v) is 2.36. The highest BCUT2D eigenvalue weighted by molar-refractivity contribution is 6.43. The Morgan fingerprint density at radius 3 is 3.16 bits per heavy atom. The van der Waals surface area contributed by atoms with E-state index in [1.165, 1.54) is 12.1 Å². The number of nitrogens with one attached hydrogen (secondary N) is 2. The van der Waals surface area contributed by atoms with Crippen molar-refractivity contribution in [1.29, 1.82) is 0 Å². The van der Waals surface area contributed by atoms with Crippen LogP contribution in [-0.4, -0.2) is 30.3 Å². The number of hydrogen-bond acceptors (Lipinski definition) is 4. The van der Waals surface area contributed by atoms with Crippen LogP contribution in [0.1, 0.15) is 12.8 Å². The molecule has 5 nitrogen and oxygen atoms in total.